The molecule has 11 heteroatoms. The van der Waals surface area contributed by atoms with E-state index in [0.717, 1.165) is 12.1 Å². The molecule has 4 amide bonds. The van der Waals surface area contributed by atoms with Crippen LogP contribution in [0.4, 0.5) is 5.69 Å². The summed E-state index contributed by atoms with van der Waals surface area (Å²) in [6.07, 6.45) is -0.515. The van der Waals surface area contributed by atoms with E-state index in [4.69, 9.17) is 4.84 Å². The molecule has 2 aliphatic heterocycles. The fourth-order valence-electron chi connectivity index (χ4n) is 2.77. The highest BCUT2D eigenvalue weighted by atomic mass is 79.9. The molecule has 0 aliphatic carbocycles. The Bertz CT molecular complexity index is 893. The first-order valence-corrected chi connectivity index (χ1v) is 8.50. The summed E-state index contributed by atoms with van der Waals surface area (Å²) >= 11 is 3.05. The van der Waals surface area contributed by atoms with Crippen molar-refractivity contribution in [2.45, 2.75) is 25.7 Å². The van der Waals surface area contributed by atoms with Crippen LogP contribution in [0.15, 0.2) is 16.6 Å². The van der Waals surface area contributed by atoms with Crippen LogP contribution in [-0.2, 0) is 24.0 Å². The third kappa shape index (κ3) is 3.33. The van der Waals surface area contributed by atoms with E-state index >= 15 is 0 Å². The number of carboxylic acids is 1. The zero-order valence-corrected chi connectivity index (χ0v) is 15.1. The fraction of sp³-hybridized carbons (Fsp3) is 0.250. The summed E-state index contributed by atoms with van der Waals surface area (Å²) < 4.78 is 0.161. The number of hydrogen-bond donors (Lipinski definition) is 1. The Kier molecular flexibility index (Phi) is 4.79. The van der Waals surface area contributed by atoms with Crippen LogP contribution >= 0.6 is 15.9 Å². The van der Waals surface area contributed by atoms with Gasteiger partial charge in [0, 0.05) is 30.2 Å². The maximum atomic E-state index is 12.6. The van der Waals surface area contributed by atoms with Crippen LogP contribution in [-0.4, -0.2) is 45.7 Å². The van der Waals surface area contributed by atoms with Crippen molar-refractivity contribution >= 4 is 57.2 Å². The lowest BCUT2D eigenvalue weighted by Gasteiger charge is -2.21. The van der Waals surface area contributed by atoms with Crippen LogP contribution in [0, 0.1) is 0 Å². The summed E-state index contributed by atoms with van der Waals surface area (Å²) in [5.41, 5.74) is -1.39. The minimum Gasteiger partial charge on any atom is -0.478 e. The molecular formula is C16H11BrN2O8. The van der Waals surface area contributed by atoms with Crippen molar-refractivity contribution in [1.29, 1.82) is 0 Å². The number of imide groups is 2. The number of amides is 4. The van der Waals surface area contributed by atoms with Gasteiger partial charge in [0.15, 0.2) is 0 Å². The predicted molar refractivity (Wildman–Crippen MR) is 89.3 cm³/mol. The summed E-state index contributed by atoms with van der Waals surface area (Å²) in [4.78, 5) is 77.1. The van der Waals surface area contributed by atoms with Gasteiger partial charge < -0.3 is 9.94 Å². The highest BCUT2D eigenvalue weighted by Crippen LogP contribution is 2.34. The van der Waals surface area contributed by atoms with E-state index < -0.39 is 52.4 Å². The molecule has 2 saturated heterocycles. The molecule has 3 rings (SSSR count). The minimum absolute atomic E-state index is 0.124. The average molecular weight is 439 g/mol. The molecule has 2 fully saturated rings. The lowest BCUT2D eigenvalue weighted by molar-refractivity contribution is -0.172. The second-order valence-corrected chi connectivity index (χ2v) is 6.65. The Morgan fingerprint density at radius 1 is 0.889 bits per heavy atom. The molecule has 10 nitrogen and oxygen atoms in total. The molecule has 1 N–H and O–H groups in total. The number of carbonyl (C=O) groups is 6. The number of aromatic carboxylic acids is 1. The normalized spacial score (nSPS) is 17.1. The lowest BCUT2D eigenvalue weighted by atomic mass is 10.1. The second-order valence-electron chi connectivity index (χ2n) is 5.74. The molecule has 27 heavy (non-hydrogen) atoms. The molecule has 1 aromatic rings. The largest absolute Gasteiger partial charge is 0.478 e. The van der Waals surface area contributed by atoms with Crippen molar-refractivity contribution in [2.75, 3.05) is 4.90 Å². The third-order valence-corrected chi connectivity index (χ3v) is 4.44. The van der Waals surface area contributed by atoms with Crippen LogP contribution in [0.5, 0.6) is 0 Å². The van der Waals surface area contributed by atoms with Gasteiger partial charge in [-0.15, -0.1) is 5.06 Å². The Morgan fingerprint density at radius 2 is 1.37 bits per heavy atom. The monoisotopic (exact) mass is 438 g/mol. The van der Waals surface area contributed by atoms with Gasteiger partial charge in [0.2, 0.25) is 11.8 Å². The van der Waals surface area contributed by atoms with Gasteiger partial charge in [-0.2, -0.15) is 0 Å². The molecule has 0 atom stereocenters. The third-order valence-electron chi connectivity index (χ3n) is 3.98. The highest BCUT2D eigenvalue weighted by molar-refractivity contribution is 9.10. The lowest BCUT2D eigenvalue weighted by Crippen LogP contribution is -2.35. The van der Waals surface area contributed by atoms with Crippen LogP contribution in [0.3, 0.4) is 0 Å². The maximum Gasteiger partial charge on any atom is 0.366 e. The number of rotatable bonds is 4. The Morgan fingerprint density at radius 3 is 1.89 bits per heavy atom. The summed E-state index contributed by atoms with van der Waals surface area (Å²) in [7, 11) is 0. The van der Waals surface area contributed by atoms with Crippen LogP contribution in [0.2, 0.25) is 0 Å². The van der Waals surface area contributed by atoms with Gasteiger partial charge in [-0.05, 0) is 12.1 Å². The van der Waals surface area contributed by atoms with Gasteiger partial charge in [-0.1, -0.05) is 15.9 Å². The van der Waals surface area contributed by atoms with Crippen molar-refractivity contribution in [2.24, 2.45) is 0 Å². The van der Waals surface area contributed by atoms with Gasteiger partial charge in [0.05, 0.1) is 16.8 Å². The van der Waals surface area contributed by atoms with Crippen LogP contribution in [0.1, 0.15) is 46.4 Å². The molecule has 1 aromatic carbocycles. The second kappa shape index (κ2) is 6.91. The van der Waals surface area contributed by atoms with E-state index in [0.29, 0.717) is 9.96 Å². The van der Waals surface area contributed by atoms with Gasteiger partial charge >= 0.3 is 11.9 Å². The van der Waals surface area contributed by atoms with E-state index in [9.17, 15) is 33.9 Å². The molecule has 0 aromatic heterocycles. The van der Waals surface area contributed by atoms with Gasteiger partial charge in [-0.3, -0.25) is 19.2 Å². The van der Waals surface area contributed by atoms with Crippen LogP contribution in [0.25, 0.3) is 0 Å². The quantitative estimate of drug-likeness (QED) is 0.687. The molecule has 0 saturated carbocycles. The number of hydroxylamine groups is 2. The molecular weight excluding hydrogens is 428 g/mol. The van der Waals surface area contributed by atoms with Crippen molar-refractivity contribution in [3.05, 3.63) is 27.7 Å². The SMILES string of the molecule is O=C(O)c1cc(Br)cc(C(=O)ON2C(=O)CCC2=O)c1N1C(=O)CCC1=O. The number of nitrogens with zero attached hydrogens (tertiary/aromatic N) is 2. The van der Waals surface area contributed by atoms with Crippen molar-refractivity contribution in [3.8, 4) is 0 Å². The summed E-state index contributed by atoms with van der Waals surface area (Å²) in [5, 5.41) is 9.75. The first kappa shape index (κ1) is 18.7. The molecule has 0 bridgehead atoms. The molecule has 0 spiro atoms. The van der Waals surface area contributed by atoms with E-state index in [1.165, 1.54) is 0 Å². The van der Waals surface area contributed by atoms with Gasteiger partial charge in [0.25, 0.3) is 11.8 Å². The van der Waals surface area contributed by atoms with Crippen molar-refractivity contribution in [1.82, 2.24) is 5.06 Å². The fourth-order valence-corrected chi connectivity index (χ4v) is 3.23. The number of carbonyl (C=O) groups excluding carboxylic acids is 5. The van der Waals surface area contributed by atoms with E-state index in [-0.39, 0.29) is 30.2 Å². The van der Waals surface area contributed by atoms with Crippen molar-refractivity contribution in [3.63, 3.8) is 0 Å². The standard InChI is InChI=1S/C16H11BrN2O8/c17-7-5-8(15(24)25)14(18-10(20)1-2-11(18)21)9(6-7)16(26)27-19-12(22)3-4-13(19)23/h5-6H,1-4H2,(H,24,25). The Hall–Kier alpha value is -3.08. The first-order valence-electron chi connectivity index (χ1n) is 7.71. The predicted octanol–water partition coefficient (Wildman–Crippen LogP) is 1.02. The number of anilines is 1. The van der Waals surface area contributed by atoms with E-state index in [1.807, 2.05) is 0 Å². The molecule has 2 heterocycles. The van der Waals surface area contributed by atoms with Gasteiger partial charge in [0.1, 0.15) is 0 Å². The molecule has 2 aliphatic rings. The number of halogens is 1. The summed E-state index contributed by atoms with van der Waals surface area (Å²) in [5.74, 6) is -5.53. The first-order chi connectivity index (χ1) is 12.7. The molecule has 0 radical (unpaired) electrons. The maximum absolute atomic E-state index is 12.6. The van der Waals surface area contributed by atoms with Crippen molar-refractivity contribution < 1.29 is 38.7 Å². The minimum atomic E-state index is -1.49. The zero-order chi connectivity index (χ0) is 19.9. The number of benzene rings is 1. The highest BCUT2D eigenvalue weighted by Gasteiger charge is 2.39. The number of carboxylic acid groups (broad SMARTS) is 1. The van der Waals surface area contributed by atoms with E-state index in [2.05, 4.69) is 15.9 Å². The summed E-state index contributed by atoms with van der Waals surface area (Å²) in [6.45, 7) is 0. The van der Waals surface area contributed by atoms with Crippen LogP contribution < -0.4 is 4.90 Å². The van der Waals surface area contributed by atoms with E-state index in [1.54, 1.807) is 0 Å². The smallest absolute Gasteiger partial charge is 0.366 e. The molecule has 0 unspecified atom stereocenters. The topological polar surface area (TPSA) is 138 Å². The Balaban J connectivity index is 2.11. The summed E-state index contributed by atoms with van der Waals surface area (Å²) in [6, 6.07) is 2.27. The Labute approximate surface area is 159 Å². The zero-order valence-electron chi connectivity index (χ0n) is 13.6. The molecule has 140 valence electrons. The van der Waals surface area contributed by atoms with Gasteiger partial charge in [-0.25, -0.2) is 14.5 Å². The average Bonchev–Trinajstić information content (AvgIpc) is 3.10. The number of hydrogen-bond acceptors (Lipinski definition) is 7.